The third kappa shape index (κ3) is 3.96. The van der Waals surface area contributed by atoms with E-state index in [4.69, 9.17) is 5.10 Å². The molecule has 1 aromatic carbocycles. The zero-order chi connectivity index (χ0) is 21.2. The van der Waals surface area contributed by atoms with Gasteiger partial charge >= 0.3 is 0 Å². The van der Waals surface area contributed by atoms with Crippen LogP contribution < -0.4 is 4.90 Å². The van der Waals surface area contributed by atoms with E-state index in [1.54, 1.807) is 33.7 Å². The van der Waals surface area contributed by atoms with Crippen molar-refractivity contribution < 1.29 is 9.18 Å². The fourth-order valence-electron chi connectivity index (χ4n) is 3.78. The van der Waals surface area contributed by atoms with E-state index in [9.17, 15) is 9.18 Å². The Bertz CT molecular complexity index is 1210. The maximum Gasteiger partial charge on any atom is 0.244 e. The van der Waals surface area contributed by atoms with Crippen molar-refractivity contribution in [3.63, 3.8) is 0 Å². The maximum absolute atomic E-state index is 13.7. The monoisotopic (exact) mass is 420 g/mol. The van der Waals surface area contributed by atoms with Crippen LogP contribution in [-0.2, 0) is 11.3 Å². The average molecular weight is 420 g/mol. The summed E-state index contributed by atoms with van der Waals surface area (Å²) in [6.07, 6.45) is 4.29. The molecule has 1 saturated heterocycles. The van der Waals surface area contributed by atoms with Crippen LogP contribution in [0, 0.1) is 5.82 Å². The lowest BCUT2D eigenvalue weighted by molar-refractivity contribution is -0.131. The van der Waals surface area contributed by atoms with Gasteiger partial charge in [-0.05, 0) is 36.8 Å². The molecule has 3 aromatic heterocycles. The molecule has 9 nitrogen and oxygen atoms in total. The summed E-state index contributed by atoms with van der Waals surface area (Å²) in [4.78, 5) is 16.6. The number of benzene rings is 1. The molecule has 0 unspecified atom stereocenters. The molecular formula is C21H21FN8O. The number of halogens is 1. The second-order valence-electron chi connectivity index (χ2n) is 7.42. The molecule has 1 aliphatic rings. The first-order valence-corrected chi connectivity index (χ1v) is 10.2. The summed E-state index contributed by atoms with van der Waals surface area (Å²) in [5, 5.41) is 17.2. The van der Waals surface area contributed by atoms with Gasteiger partial charge in [0.05, 0.1) is 0 Å². The van der Waals surface area contributed by atoms with Gasteiger partial charge in [-0.2, -0.15) is 9.61 Å². The smallest absolute Gasteiger partial charge is 0.244 e. The average Bonchev–Trinajstić information content (AvgIpc) is 3.37. The molecule has 0 saturated carbocycles. The predicted molar refractivity (Wildman–Crippen MR) is 112 cm³/mol. The molecule has 5 rings (SSSR count). The Morgan fingerprint density at radius 1 is 1.03 bits per heavy atom. The maximum atomic E-state index is 13.7. The number of aromatic nitrogens is 6. The zero-order valence-electron chi connectivity index (χ0n) is 16.8. The largest absolute Gasteiger partial charge is 0.353 e. The number of amides is 1. The minimum absolute atomic E-state index is 0.0566. The number of hydrogen-bond donors (Lipinski definition) is 0. The molecule has 4 heterocycles. The van der Waals surface area contributed by atoms with Crippen LogP contribution in [0.5, 0.6) is 0 Å². The van der Waals surface area contributed by atoms with Crippen LogP contribution >= 0.6 is 0 Å². The first kappa shape index (κ1) is 19.2. The first-order valence-electron chi connectivity index (χ1n) is 10.2. The Hall–Kier alpha value is -3.82. The summed E-state index contributed by atoms with van der Waals surface area (Å²) in [6.45, 7) is 3.00. The Kier molecular flexibility index (Phi) is 5.03. The van der Waals surface area contributed by atoms with Gasteiger partial charge in [0.25, 0.3) is 0 Å². The van der Waals surface area contributed by atoms with E-state index in [1.165, 1.54) is 12.1 Å². The molecule has 0 spiro atoms. The number of carbonyl (C=O) groups excluding carboxylic acids is 1. The van der Waals surface area contributed by atoms with Gasteiger partial charge in [-0.1, -0.05) is 12.1 Å². The topological polar surface area (TPSA) is 84.5 Å². The van der Waals surface area contributed by atoms with Gasteiger partial charge in [0.2, 0.25) is 5.91 Å². The molecule has 4 aromatic rings. The quantitative estimate of drug-likeness (QED) is 0.501. The summed E-state index contributed by atoms with van der Waals surface area (Å²) >= 11 is 0. The molecule has 158 valence electrons. The van der Waals surface area contributed by atoms with Crippen molar-refractivity contribution in [2.24, 2.45) is 0 Å². The fraction of sp³-hybridized carbons (Fsp3) is 0.286. The third-order valence-corrected chi connectivity index (χ3v) is 5.36. The van der Waals surface area contributed by atoms with Crippen molar-refractivity contribution >= 4 is 17.4 Å². The van der Waals surface area contributed by atoms with E-state index in [0.29, 0.717) is 36.7 Å². The molecule has 0 N–H and O–H groups in total. The van der Waals surface area contributed by atoms with Crippen molar-refractivity contribution in [2.45, 2.75) is 13.0 Å². The van der Waals surface area contributed by atoms with Crippen LogP contribution in [0.25, 0.3) is 17.0 Å². The lowest BCUT2D eigenvalue weighted by Gasteiger charge is -2.23. The molecule has 1 fully saturated rings. The van der Waals surface area contributed by atoms with E-state index in [-0.39, 0.29) is 18.3 Å². The zero-order valence-corrected chi connectivity index (χ0v) is 16.8. The van der Waals surface area contributed by atoms with Gasteiger partial charge in [-0.3, -0.25) is 9.48 Å². The molecule has 0 atom stereocenters. The van der Waals surface area contributed by atoms with Gasteiger partial charge in [0.15, 0.2) is 11.5 Å². The van der Waals surface area contributed by atoms with Crippen LogP contribution in [0.2, 0.25) is 0 Å². The molecule has 0 bridgehead atoms. The van der Waals surface area contributed by atoms with Crippen LogP contribution in [0.4, 0.5) is 10.2 Å². The molecular weight excluding hydrogens is 399 g/mol. The Labute approximate surface area is 177 Å². The second-order valence-corrected chi connectivity index (χ2v) is 7.42. The lowest BCUT2D eigenvalue weighted by atomic mass is 10.2. The van der Waals surface area contributed by atoms with Crippen molar-refractivity contribution in [1.29, 1.82) is 0 Å². The van der Waals surface area contributed by atoms with Crippen molar-refractivity contribution in [3.8, 4) is 11.4 Å². The predicted octanol–water partition coefficient (Wildman–Crippen LogP) is 1.87. The van der Waals surface area contributed by atoms with Gasteiger partial charge in [-0.15, -0.1) is 15.3 Å². The van der Waals surface area contributed by atoms with E-state index < -0.39 is 0 Å². The van der Waals surface area contributed by atoms with Crippen molar-refractivity contribution in [2.75, 3.05) is 31.1 Å². The molecule has 0 aliphatic carbocycles. The van der Waals surface area contributed by atoms with Gasteiger partial charge < -0.3 is 9.80 Å². The highest BCUT2D eigenvalue weighted by atomic mass is 19.1. The van der Waals surface area contributed by atoms with Gasteiger partial charge in [0.1, 0.15) is 18.2 Å². The number of nitrogens with zero attached hydrogens (tertiary/aromatic N) is 8. The van der Waals surface area contributed by atoms with Crippen molar-refractivity contribution in [1.82, 2.24) is 34.5 Å². The summed E-state index contributed by atoms with van der Waals surface area (Å²) in [6, 6.07) is 11.8. The van der Waals surface area contributed by atoms with Gasteiger partial charge in [-0.25, -0.2) is 4.39 Å². The standard InChI is InChI=1S/C21H21FN8O/c22-17-5-1-4-16(14-17)21-25-24-18-6-7-19(26-30(18)21)27-9-3-10-28(13-12-27)20(31)15-29-11-2-8-23-29/h1-2,4-8,11,14H,3,9-10,12-13,15H2. The van der Waals surface area contributed by atoms with Crippen LogP contribution in [-0.4, -0.2) is 66.6 Å². The SMILES string of the molecule is O=C(Cn1cccn1)N1CCCN(c2ccc3nnc(-c4cccc(F)c4)n3n2)CC1. The highest BCUT2D eigenvalue weighted by Crippen LogP contribution is 2.21. The minimum Gasteiger partial charge on any atom is -0.353 e. The fourth-order valence-corrected chi connectivity index (χ4v) is 3.78. The Morgan fingerprint density at radius 2 is 1.97 bits per heavy atom. The Morgan fingerprint density at radius 3 is 2.81 bits per heavy atom. The number of anilines is 1. The normalized spacial score (nSPS) is 14.7. The van der Waals surface area contributed by atoms with E-state index in [2.05, 4.69) is 20.2 Å². The highest BCUT2D eigenvalue weighted by Gasteiger charge is 2.21. The molecule has 1 aliphatic heterocycles. The van der Waals surface area contributed by atoms with Gasteiger partial charge in [0, 0.05) is 44.1 Å². The lowest BCUT2D eigenvalue weighted by Crippen LogP contribution is -2.37. The number of rotatable bonds is 4. The third-order valence-electron chi connectivity index (χ3n) is 5.36. The highest BCUT2D eigenvalue weighted by molar-refractivity contribution is 5.76. The van der Waals surface area contributed by atoms with Crippen LogP contribution in [0.15, 0.2) is 54.9 Å². The van der Waals surface area contributed by atoms with Crippen LogP contribution in [0.1, 0.15) is 6.42 Å². The minimum atomic E-state index is -0.335. The molecule has 0 radical (unpaired) electrons. The summed E-state index contributed by atoms with van der Waals surface area (Å²) < 4.78 is 16.9. The number of hydrogen-bond acceptors (Lipinski definition) is 6. The summed E-state index contributed by atoms with van der Waals surface area (Å²) in [5.74, 6) is 0.979. The molecule has 31 heavy (non-hydrogen) atoms. The van der Waals surface area contributed by atoms with E-state index in [0.717, 1.165) is 18.8 Å². The Balaban J connectivity index is 1.35. The first-order chi connectivity index (χ1) is 15.2. The summed E-state index contributed by atoms with van der Waals surface area (Å²) in [5.41, 5.74) is 1.21. The summed E-state index contributed by atoms with van der Waals surface area (Å²) in [7, 11) is 0. The molecule has 1 amide bonds. The van der Waals surface area contributed by atoms with E-state index in [1.807, 2.05) is 23.1 Å². The second kappa shape index (κ2) is 8.13. The van der Waals surface area contributed by atoms with Crippen molar-refractivity contribution in [3.05, 3.63) is 60.7 Å². The van der Waals surface area contributed by atoms with E-state index >= 15 is 0 Å². The van der Waals surface area contributed by atoms with Crippen LogP contribution in [0.3, 0.4) is 0 Å². The number of carbonyl (C=O) groups is 1. The number of fused-ring (bicyclic) bond motifs is 1. The molecule has 10 heteroatoms.